The van der Waals surface area contributed by atoms with Gasteiger partial charge < -0.3 is 5.11 Å². The lowest BCUT2D eigenvalue weighted by Crippen LogP contribution is -2.03. The van der Waals surface area contributed by atoms with E-state index in [4.69, 9.17) is 0 Å². The first-order valence-electron chi connectivity index (χ1n) is 6.05. The summed E-state index contributed by atoms with van der Waals surface area (Å²) >= 11 is 0. The summed E-state index contributed by atoms with van der Waals surface area (Å²) in [5.74, 6) is 0.217. The van der Waals surface area contributed by atoms with Gasteiger partial charge in [0.2, 0.25) is 0 Å². The molecule has 0 aliphatic rings. The summed E-state index contributed by atoms with van der Waals surface area (Å²) in [7, 11) is 0. The van der Waals surface area contributed by atoms with Crippen molar-refractivity contribution in [3.8, 4) is 17.0 Å². The molecule has 4 heteroatoms. The van der Waals surface area contributed by atoms with E-state index in [0.717, 1.165) is 5.56 Å². The van der Waals surface area contributed by atoms with Gasteiger partial charge in [0.15, 0.2) is 0 Å². The molecule has 0 bridgehead atoms. The van der Waals surface area contributed by atoms with Gasteiger partial charge in [0.25, 0.3) is 0 Å². The van der Waals surface area contributed by atoms with Gasteiger partial charge in [-0.2, -0.15) is 15.0 Å². The Kier molecular flexibility index (Phi) is 2.98. The zero-order chi connectivity index (χ0) is 13.1. The molecule has 1 aromatic heterocycles. The fourth-order valence-corrected chi connectivity index (χ4v) is 1.93. The van der Waals surface area contributed by atoms with Crippen LogP contribution in [0.1, 0.15) is 5.56 Å². The number of phenolic OH excluding ortho intramolecular Hbond substituents is 1. The number of para-hydroxylation sites is 1. The summed E-state index contributed by atoms with van der Waals surface area (Å²) in [6.07, 6.45) is 1.66. The second-order valence-electron chi connectivity index (χ2n) is 4.26. The molecule has 0 aliphatic heterocycles. The van der Waals surface area contributed by atoms with Crippen molar-refractivity contribution in [2.24, 2.45) is 0 Å². The number of hydrogen-bond donors (Lipinski definition) is 1. The molecule has 1 heterocycles. The number of phenols is 1. The van der Waals surface area contributed by atoms with E-state index in [1.807, 2.05) is 42.5 Å². The second kappa shape index (κ2) is 4.94. The molecule has 0 saturated carbocycles. The number of benzene rings is 2. The van der Waals surface area contributed by atoms with Crippen molar-refractivity contribution in [2.45, 2.75) is 6.54 Å². The molecule has 0 unspecified atom stereocenters. The Morgan fingerprint density at radius 1 is 0.947 bits per heavy atom. The summed E-state index contributed by atoms with van der Waals surface area (Å²) in [6, 6.07) is 17.1. The van der Waals surface area contributed by atoms with Crippen LogP contribution < -0.4 is 0 Å². The Bertz CT molecular complexity index is 677. The van der Waals surface area contributed by atoms with Crippen LogP contribution in [0.4, 0.5) is 0 Å². The Hall–Kier alpha value is -2.62. The molecule has 4 nitrogen and oxygen atoms in total. The van der Waals surface area contributed by atoms with E-state index < -0.39 is 0 Å². The Balaban J connectivity index is 1.86. The van der Waals surface area contributed by atoms with Crippen LogP contribution in [0.25, 0.3) is 11.3 Å². The fourth-order valence-electron chi connectivity index (χ4n) is 1.93. The molecule has 3 aromatic rings. The van der Waals surface area contributed by atoms with Crippen LogP contribution in [0.2, 0.25) is 0 Å². The molecule has 0 aliphatic carbocycles. The highest BCUT2D eigenvalue weighted by Gasteiger charge is 2.07. The van der Waals surface area contributed by atoms with Gasteiger partial charge in [0.05, 0.1) is 12.7 Å². The van der Waals surface area contributed by atoms with E-state index in [9.17, 15) is 5.11 Å². The van der Waals surface area contributed by atoms with Gasteiger partial charge in [0, 0.05) is 5.56 Å². The first-order valence-corrected chi connectivity index (χ1v) is 6.05. The molecule has 19 heavy (non-hydrogen) atoms. The van der Waals surface area contributed by atoms with Crippen LogP contribution in [-0.4, -0.2) is 20.1 Å². The van der Waals surface area contributed by atoms with Gasteiger partial charge in [-0.15, -0.1) is 0 Å². The highest BCUT2D eigenvalue weighted by Crippen LogP contribution is 2.26. The van der Waals surface area contributed by atoms with E-state index >= 15 is 0 Å². The Morgan fingerprint density at radius 3 is 2.47 bits per heavy atom. The van der Waals surface area contributed by atoms with Gasteiger partial charge >= 0.3 is 0 Å². The normalized spacial score (nSPS) is 10.5. The molecule has 94 valence electrons. The number of aromatic hydroxyl groups is 1. The lowest BCUT2D eigenvalue weighted by atomic mass is 10.1. The van der Waals surface area contributed by atoms with E-state index in [0.29, 0.717) is 17.8 Å². The molecular formula is C15H13N3O. The maximum atomic E-state index is 9.79. The molecule has 0 radical (unpaired) electrons. The second-order valence-corrected chi connectivity index (χ2v) is 4.26. The number of nitrogens with zero attached hydrogens (tertiary/aromatic N) is 3. The minimum absolute atomic E-state index is 0.217. The first-order chi connectivity index (χ1) is 9.33. The van der Waals surface area contributed by atoms with Gasteiger partial charge in [0.1, 0.15) is 11.4 Å². The van der Waals surface area contributed by atoms with Gasteiger partial charge in [-0.25, -0.2) is 0 Å². The summed E-state index contributed by atoms with van der Waals surface area (Å²) in [4.78, 5) is 1.62. The summed E-state index contributed by atoms with van der Waals surface area (Å²) in [6.45, 7) is 0.619. The van der Waals surface area contributed by atoms with Crippen LogP contribution >= 0.6 is 0 Å². The SMILES string of the molecule is Oc1ccccc1-c1cnn(Cc2ccccc2)n1. The predicted molar refractivity (Wildman–Crippen MR) is 72.7 cm³/mol. The van der Waals surface area contributed by atoms with Gasteiger partial charge in [-0.05, 0) is 17.7 Å². The van der Waals surface area contributed by atoms with Crippen molar-refractivity contribution >= 4 is 0 Å². The van der Waals surface area contributed by atoms with Crippen molar-refractivity contribution in [3.05, 3.63) is 66.4 Å². The average molecular weight is 251 g/mol. The smallest absolute Gasteiger partial charge is 0.125 e. The third-order valence-electron chi connectivity index (χ3n) is 2.88. The lowest BCUT2D eigenvalue weighted by Gasteiger charge is -2.00. The quantitative estimate of drug-likeness (QED) is 0.778. The van der Waals surface area contributed by atoms with Crippen molar-refractivity contribution in [1.29, 1.82) is 0 Å². The highest BCUT2D eigenvalue weighted by molar-refractivity contribution is 5.65. The van der Waals surface area contributed by atoms with Gasteiger partial charge in [-0.3, -0.25) is 0 Å². The van der Waals surface area contributed by atoms with Gasteiger partial charge in [-0.1, -0.05) is 42.5 Å². The first kappa shape index (κ1) is 11.5. The minimum Gasteiger partial charge on any atom is -0.507 e. The Labute approximate surface area is 111 Å². The van der Waals surface area contributed by atoms with Crippen LogP contribution in [0.5, 0.6) is 5.75 Å². The molecule has 1 N–H and O–H groups in total. The molecule has 0 atom stereocenters. The van der Waals surface area contributed by atoms with E-state index in [-0.39, 0.29) is 5.75 Å². The molecule has 3 rings (SSSR count). The van der Waals surface area contributed by atoms with Crippen molar-refractivity contribution < 1.29 is 5.11 Å². The zero-order valence-electron chi connectivity index (χ0n) is 10.3. The molecular weight excluding hydrogens is 238 g/mol. The summed E-state index contributed by atoms with van der Waals surface area (Å²) in [5, 5.41) is 18.4. The van der Waals surface area contributed by atoms with E-state index in [2.05, 4.69) is 10.2 Å². The van der Waals surface area contributed by atoms with Crippen LogP contribution in [0.15, 0.2) is 60.8 Å². The van der Waals surface area contributed by atoms with Crippen molar-refractivity contribution in [1.82, 2.24) is 15.0 Å². The predicted octanol–water partition coefficient (Wildman–Crippen LogP) is 2.70. The molecule has 0 amide bonds. The fraction of sp³-hybridized carbons (Fsp3) is 0.0667. The molecule has 2 aromatic carbocycles. The number of rotatable bonds is 3. The Morgan fingerprint density at radius 2 is 1.68 bits per heavy atom. The largest absolute Gasteiger partial charge is 0.507 e. The maximum Gasteiger partial charge on any atom is 0.125 e. The molecule has 0 fully saturated rings. The summed E-state index contributed by atoms with van der Waals surface area (Å²) in [5.41, 5.74) is 2.51. The number of hydrogen-bond acceptors (Lipinski definition) is 3. The van der Waals surface area contributed by atoms with E-state index in [1.54, 1.807) is 23.1 Å². The topological polar surface area (TPSA) is 50.9 Å². The summed E-state index contributed by atoms with van der Waals surface area (Å²) < 4.78 is 0. The monoisotopic (exact) mass is 251 g/mol. The van der Waals surface area contributed by atoms with Crippen molar-refractivity contribution in [3.63, 3.8) is 0 Å². The third kappa shape index (κ3) is 2.47. The minimum atomic E-state index is 0.217. The zero-order valence-corrected chi connectivity index (χ0v) is 10.3. The van der Waals surface area contributed by atoms with Crippen LogP contribution in [0.3, 0.4) is 0 Å². The standard InChI is InChI=1S/C15H13N3O/c19-15-9-5-4-8-13(15)14-10-16-18(17-14)11-12-6-2-1-3-7-12/h1-10,19H,11H2. The van der Waals surface area contributed by atoms with Crippen LogP contribution in [-0.2, 0) is 6.54 Å². The highest BCUT2D eigenvalue weighted by atomic mass is 16.3. The molecule has 0 saturated heterocycles. The maximum absolute atomic E-state index is 9.79. The lowest BCUT2D eigenvalue weighted by molar-refractivity contribution is 0.477. The third-order valence-corrected chi connectivity index (χ3v) is 2.88. The molecule has 0 spiro atoms. The van der Waals surface area contributed by atoms with Crippen molar-refractivity contribution in [2.75, 3.05) is 0 Å². The van der Waals surface area contributed by atoms with Crippen LogP contribution in [0, 0.1) is 0 Å². The number of aromatic nitrogens is 3. The average Bonchev–Trinajstić information content (AvgIpc) is 2.89. The van der Waals surface area contributed by atoms with E-state index in [1.165, 1.54) is 0 Å².